The molecule has 0 saturated carbocycles. The lowest BCUT2D eigenvalue weighted by Crippen LogP contribution is -2.32. The van der Waals surface area contributed by atoms with Crippen LogP contribution >= 0.6 is 11.8 Å². The summed E-state index contributed by atoms with van der Waals surface area (Å²) in [7, 11) is 1.58. The van der Waals surface area contributed by atoms with Gasteiger partial charge in [-0.05, 0) is 6.26 Å². The molecule has 0 aliphatic carbocycles. The van der Waals surface area contributed by atoms with Crippen LogP contribution in [0.5, 0.6) is 0 Å². The number of thioether (sulfide) groups is 1. The molecule has 0 bridgehead atoms. The van der Waals surface area contributed by atoms with Crippen LogP contribution in [0.2, 0.25) is 0 Å². The lowest BCUT2D eigenvalue weighted by Gasteiger charge is -2.08. The first kappa shape index (κ1) is 14.5. The van der Waals surface area contributed by atoms with Gasteiger partial charge < -0.3 is 21.1 Å². The quantitative estimate of drug-likeness (QED) is 0.363. The van der Waals surface area contributed by atoms with Crippen LogP contribution in [-0.2, 0) is 9.53 Å². The van der Waals surface area contributed by atoms with Crippen molar-refractivity contribution in [3.8, 4) is 0 Å². The zero-order chi connectivity index (χ0) is 13.4. The van der Waals surface area contributed by atoms with Crippen molar-refractivity contribution >= 4 is 29.3 Å². The van der Waals surface area contributed by atoms with E-state index in [0.29, 0.717) is 29.9 Å². The first-order chi connectivity index (χ1) is 8.65. The summed E-state index contributed by atoms with van der Waals surface area (Å²) in [6, 6.07) is 1.59. The van der Waals surface area contributed by atoms with Gasteiger partial charge in [0.1, 0.15) is 11.6 Å². The fourth-order valence-corrected chi connectivity index (χ4v) is 1.54. The molecule has 0 unspecified atom stereocenters. The number of amides is 1. The molecule has 1 amide bonds. The van der Waals surface area contributed by atoms with E-state index in [1.54, 1.807) is 13.2 Å². The van der Waals surface area contributed by atoms with Crippen LogP contribution in [0.25, 0.3) is 0 Å². The number of nitrogens with one attached hydrogen (secondary N) is 2. The van der Waals surface area contributed by atoms with Crippen molar-refractivity contribution in [3.63, 3.8) is 0 Å². The molecule has 7 nitrogen and oxygen atoms in total. The number of carbonyl (C=O) groups excluding carboxylic acids is 1. The number of anilines is 2. The van der Waals surface area contributed by atoms with E-state index in [-0.39, 0.29) is 12.5 Å². The van der Waals surface area contributed by atoms with Crippen molar-refractivity contribution in [2.45, 2.75) is 5.16 Å². The zero-order valence-corrected chi connectivity index (χ0v) is 11.2. The summed E-state index contributed by atoms with van der Waals surface area (Å²) in [6.07, 6.45) is 1.86. The summed E-state index contributed by atoms with van der Waals surface area (Å²) in [5.41, 5.74) is 5.62. The zero-order valence-electron chi connectivity index (χ0n) is 10.4. The maximum absolute atomic E-state index is 11.4. The van der Waals surface area contributed by atoms with Gasteiger partial charge in [-0.15, -0.1) is 0 Å². The molecule has 4 N–H and O–H groups in total. The molecule has 0 saturated heterocycles. The molecule has 0 fully saturated rings. The molecule has 100 valence electrons. The Kier molecular flexibility index (Phi) is 6.23. The highest BCUT2D eigenvalue weighted by atomic mass is 32.2. The Bertz CT molecular complexity index is 402. The molecule has 1 heterocycles. The molecule has 18 heavy (non-hydrogen) atoms. The van der Waals surface area contributed by atoms with Gasteiger partial charge in [0.2, 0.25) is 5.91 Å². The number of methoxy groups -OCH3 is 1. The minimum Gasteiger partial charge on any atom is -0.383 e. The van der Waals surface area contributed by atoms with E-state index in [1.807, 2.05) is 6.26 Å². The van der Waals surface area contributed by atoms with Crippen LogP contribution in [0.4, 0.5) is 11.6 Å². The number of hydrogen-bond donors (Lipinski definition) is 3. The average molecular weight is 271 g/mol. The predicted molar refractivity (Wildman–Crippen MR) is 71.6 cm³/mol. The second-order valence-corrected chi connectivity index (χ2v) is 4.13. The summed E-state index contributed by atoms with van der Waals surface area (Å²) < 4.78 is 4.83. The molecule has 1 aromatic heterocycles. The number of aromatic nitrogens is 2. The van der Waals surface area contributed by atoms with Crippen LogP contribution in [0.15, 0.2) is 11.2 Å². The van der Waals surface area contributed by atoms with Gasteiger partial charge in [-0.25, -0.2) is 9.97 Å². The lowest BCUT2D eigenvalue weighted by atomic mass is 10.5. The lowest BCUT2D eigenvalue weighted by molar-refractivity contribution is -0.119. The van der Waals surface area contributed by atoms with E-state index in [0.717, 1.165) is 0 Å². The van der Waals surface area contributed by atoms with Gasteiger partial charge in [-0.1, -0.05) is 11.8 Å². The minimum absolute atomic E-state index is 0.130. The third-order valence-electron chi connectivity index (χ3n) is 1.97. The third-order valence-corrected chi connectivity index (χ3v) is 2.51. The minimum atomic E-state index is -0.130. The maximum Gasteiger partial charge on any atom is 0.239 e. The smallest absolute Gasteiger partial charge is 0.239 e. The molecule has 0 aliphatic heterocycles. The molecule has 0 atom stereocenters. The largest absolute Gasteiger partial charge is 0.383 e. The van der Waals surface area contributed by atoms with Gasteiger partial charge in [0.15, 0.2) is 5.16 Å². The standard InChI is InChI=1S/C10H17N5O2S/c1-17-4-3-12-9(16)6-13-8-5-7(11)14-10(15-8)18-2/h5H,3-4,6H2,1-2H3,(H,12,16)(H3,11,13,14,15). The highest BCUT2D eigenvalue weighted by molar-refractivity contribution is 7.98. The van der Waals surface area contributed by atoms with Crippen LogP contribution in [0.3, 0.4) is 0 Å². The second-order valence-electron chi connectivity index (χ2n) is 3.36. The highest BCUT2D eigenvalue weighted by Gasteiger charge is 2.04. The van der Waals surface area contributed by atoms with E-state index in [2.05, 4.69) is 20.6 Å². The van der Waals surface area contributed by atoms with E-state index < -0.39 is 0 Å². The molecular formula is C10H17N5O2S. The number of nitrogens with zero attached hydrogens (tertiary/aromatic N) is 2. The number of nitrogen functional groups attached to an aromatic ring is 1. The van der Waals surface area contributed by atoms with Crippen molar-refractivity contribution in [3.05, 3.63) is 6.07 Å². The van der Waals surface area contributed by atoms with Crippen LogP contribution in [0.1, 0.15) is 0 Å². The molecule has 8 heteroatoms. The van der Waals surface area contributed by atoms with Crippen molar-refractivity contribution in [2.75, 3.05) is 44.1 Å². The molecule has 1 rings (SSSR count). The molecule has 1 aromatic rings. The van der Waals surface area contributed by atoms with Gasteiger partial charge in [-0.3, -0.25) is 4.79 Å². The summed E-state index contributed by atoms with van der Waals surface area (Å²) in [6.45, 7) is 1.11. The average Bonchev–Trinajstić information content (AvgIpc) is 2.36. The second kappa shape index (κ2) is 7.72. The SMILES string of the molecule is COCCNC(=O)CNc1cc(N)nc(SC)n1. The summed E-state index contributed by atoms with van der Waals surface area (Å²) >= 11 is 1.39. The van der Waals surface area contributed by atoms with Crippen molar-refractivity contribution in [1.82, 2.24) is 15.3 Å². The summed E-state index contributed by atoms with van der Waals surface area (Å²) in [5, 5.41) is 6.15. The van der Waals surface area contributed by atoms with Crippen molar-refractivity contribution in [1.29, 1.82) is 0 Å². The number of rotatable bonds is 7. The van der Waals surface area contributed by atoms with Crippen LogP contribution < -0.4 is 16.4 Å². The van der Waals surface area contributed by atoms with Gasteiger partial charge in [0, 0.05) is 19.7 Å². The monoisotopic (exact) mass is 271 g/mol. The topological polar surface area (TPSA) is 102 Å². The summed E-state index contributed by atoms with van der Waals surface area (Å²) in [4.78, 5) is 19.6. The Labute approximate surface area is 110 Å². The number of ether oxygens (including phenoxy) is 1. The van der Waals surface area contributed by atoms with Crippen molar-refractivity contribution < 1.29 is 9.53 Å². The number of nitrogens with two attached hydrogens (primary N) is 1. The summed E-state index contributed by atoms with van der Waals surface area (Å²) in [5.74, 6) is 0.778. The Morgan fingerprint density at radius 3 is 3.00 bits per heavy atom. The third kappa shape index (κ3) is 5.19. The van der Waals surface area contributed by atoms with E-state index in [1.165, 1.54) is 11.8 Å². The maximum atomic E-state index is 11.4. The Hall–Kier alpha value is -1.54. The van der Waals surface area contributed by atoms with Gasteiger partial charge in [-0.2, -0.15) is 0 Å². The highest BCUT2D eigenvalue weighted by Crippen LogP contribution is 2.14. The predicted octanol–water partition coefficient (Wildman–Crippen LogP) is -0.0448. The molecule has 0 radical (unpaired) electrons. The number of carbonyl (C=O) groups is 1. The first-order valence-electron chi connectivity index (χ1n) is 5.33. The van der Waals surface area contributed by atoms with Crippen molar-refractivity contribution in [2.24, 2.45) is 0 Å². The van der Waals surface area contributed by atoms with Gasteiger partial charge in [0.05, 0.1) is 13.2 Å². The fraction of sp³-hybridized carbons (Fsp3) is 0.500. The van der Waals surface area contributed by atoms with Crippen LogP contribution in [-0.4, -0.2) is 48.9 Å². The van der Waals surface area contributed by atoms with Crippen LogP contribution in [0, 0.1) is 0 Å². The number of hydrogen-bond acceptors (Lipinski definition) is 7. The van der Waals surface area contributed by atoms with E-state index in [9.17, 15) is 4.79 Å². The molecular weight excluding hydrogens is 254 g/mol. The van der Waals surface area contributed by atoms with Gasteiger partial charge in [0.25, 0.3) is 0 Å². The molecule has 0 spiro atoms. The first-order valence-corrected chi connectivity index (χ1v) is 6.56. The fourth-order valence-electron chi connectivity index (χ4n) is 1.15. The van der Waals surface area contributed by atoms with E-state index >= 15 is 0 Å². The molecule has 0 aliphatic rings. The Morgan fingerprint density at radius 2 is 2.33 bits per heavy atom. The molecule has 0 aromatic carbocycles. The van der Waals surface area contributed by atoms with Gasteiger partial charge >= 0.3 is 0 Å². The Morgan fingerprint density at radius 1 is 1.56 bits per heavy atom. The normalized spacial score (nSPS) is 10.1. The Balaban J connectivity index is 2.43. The van der Waals surface area contributed by atoms with E-state index in [4.69, 9.17) is 10.5 Å².